The van der Waals surface area contributed by atoms with E-state index >= 15 is 0 Å². The lowest BCUT2D eigenvalue weighted by molar-refractivity contribution is -0.144. The van der Waals surface area contributed by atoms with Crippen LogP contribution in [-0.2, 0) is 25.5 Å². The molecule has 1 unspecified atom stereocenters. The Morgan fingerprint density at radius 3 is 2.41 bits per heavy atom. The van der Waals surface area contributed by atoms with E-state index in [1.165, 1.54) is 13.0 Å². The third-order valence-corrected chi connectivity index (χ3v) is 4.94. The van der Waals surface area contributed by atoms with Crippen molar-refractivity contribution in [2.24, 2.45) is 0 Å². The molecule has 0 aliphatic rings. The zero-order valence-electron chi connectivity index (χ0n) is 18.0. The number of ketones is 1. The third-order valence-electron chi connectivity index (χ3n) is 4.94. The molecule has 1 amide bonds. The van der Waals surface area contributed by atoms with Crippen LogP contribution in [0.1, 0.15) is 18.1 Å². The molecule has 3 aromatic rings. The highest BCUT2D eigenvalue weighted by Crippen LogP contribution is 2.22. The van der Waals surface area contributed by atoms with Crippen molar-refractivity contribution in [2.45, 2.75) is 19.4 Å². The van der Waals surface area contributed by atoms with Crippen LogP contribution in [0.2, 0.25) is 0 Å². The number of carbonyl (C=O) groups is 3. The zero-order chi connectivity index (χ0) is 22.9. The smallest absolute Gasteiger partial charge is 0.331 e. The maximum absolute atomic E-state index is 12.2. The van der Waals surface area contributed by atoms with Gasteiger partial charge in [0.25, 0.3) is 5.91 Å². The van der Waals surface area contributed by atoms with Crippen molar-refractivity contribution in [3.05, 3.63) is 83.9 Å². The number of nitrogens with one attached hydrogen (secondary N) is 1. The first-order valence-electron chi connectivity index (χ1n) is 10.2. The minimum atomic E-state index is -0.671. The van der Waals surface area contributed by atoms with Gasteiger partial charge in [-0.05, 0) is 59.5 Å². The van der Waals surface area contributed by atoms with Crippen LogP contribution in [0, 0.1) is 0 Å². The summed E-state index contributed by atoms with van der Waals surface area (Å²) in [7, 11) is 1.62. The lowest BCUT2D eigenvalue weighted by Gasteiger charge is -2.16. The van der Waals surface area contributed by atoms with Gasteiger partial charge < -0.3 is 14.8 Å². The van der Waals surface area contributed by atoms with Gasteiger partial charge in [0.05, 0.1) is 13.2 Å². The first-order valence-corrected chi connectivity index (χ1v) is 10.2. The third kappa shape index (κ3) is 6.54. The van der Waals surface area contributed by atoms with Gasteiger partial charge in [0.2, 0.25) is 0 Å². The van der Waals surface area contributed by atoms with Crippen molar-refractivity contribution in [2.75, 3.05) is 13.7 Å². The predicted octanol–water partition coefficient (Wildman–Crippen LogP) is 3.72. The summed E-state index contributed by atoms with van der Waals surface area (Å²) in [5.74, 6) is -0.555. The molecule has 3 rings (SSSR count). The van der Waals surface area contributed by atoms with E-state index in [-0.39, 0.29) is 5.78 Å². The summed E-state index contributed by atoms with van der Waals surface area (Å²) in [6, 6.07) is 20.2. The topological polar surface area (TPSA) is 81.7 Å². The number of rotatable bonds is 9. The molecule has 0 aromatic heterocycles. The first-order chi connectivity index (χ1) is 15.4. The highest BCUT2D eigenvalue weighted by Gasteiger charge is 2.18. The quantitative estimate of drug-likeness (QED) is 0.413. The Labute approximate surface area is 186 Å². The van der Waals surface area contributed by atoms with Crippen molar-refractivity contribution >= 4 is 34.5 Å². The van der Waals surface area contributed by atoms with E-state index in [0.717, 1.165) is 27.6 Å². The summed E-state index contributed by atoms with van der Waals surface area (Å²) in [6.07, 6.45) is 3.27. The fourth-order valence-electron chi connectivity index (χ4n) is 3.20. The Balaban J connectivity index is 1.52. The van der Waals surface area contributed by atoms with Crippen molar-refractivity contribution in [3.8, 4) is 5.75 Å². The Morgan fingerprint density at radius 2 is 1.69 bits per heavy atom. The molecular formula is C26H25NO5. The average molecular weight is 431 g/mol. The second-order valence-electron chi connectivity index (χ2n) is 7.33. The SMILES string of the molecule is COc1ccc2cc(C=CC(=O)OCC(=O)NC(Cc3ccccc3)C(C)=O)ccc2c1. The number of amides is 1. The van der Waals surface area contributed by atoms with Gasteiger partial charge in [-0.3, -0.25) is 9.59 Å². The molecule has 0 fully saturated rings. The number of hydrogen-bond acceptors (Lipinski definition) is 5. The maximum Gasteiger partial charge on any atom is 0.331 e. The first kappa shape index (κ1) is 22.7. The lowest BCUT2D eigenvalue weighted by Crippen LogP contribution is -2.43. The molecule has 0 bridgehead atoms. The van der Waals surface area contributed by atoms with Crippen molar-refractivity contribution < 1.29 is 23.9 Å². The van der Waals surface area contributed by atoms with Gasteiger partial charge in [0.1, 0.15) is 5.75 Å². The molecule has 0 heterocycles. The summed E-state index contributed by atoms with van der Waals surface area (Å²) in [6.45, 7) is 0.960. The molecule has 0 spiro atoms. The fourth-order valence-corrected chi connectivity index (χ4v) is 3.20. The summed E-state index contributed by atoms with van der Waals surface area (Å²) in [4.78, 5) is 36.0. The fraction of sp³-hybridized carbons (Fsp3) is 0.192. The van der Waals surface area contributed by atoms with Gasteiger partial charge in [-0.15, -0.1) is 0 Å². The minimum absolute atomic E-state index is 0.164. The van der Waals surface area contributed by atoms with Gasteiger partial charge in [0, 0.05) is 6.08 Å². The van der Waals surface area contributed by atoms with Crippen molar-refractivity contribution in [1.82, 2.24) is 5.32 Å². The molecule has 0 radical (unpaired) electrons. The molecular weight excluding hydrogens is 406 g/mol. The number of methoxy groups -OCH3 is 1. The van der Waals surface area contributed by atoms with Gasteiger partial charge in [-0.2, -0.15) is 0 Å². The van der Waals surface area contributed by atoms with Crippen LogP contribution >= 0.6 is 0 Å². The van der Waals surface area contributed by atoms with E-state index in [0.29, 0.717) is 6.42 Å². The van der Waals surface area contributed by atoms with Crippen molar-refractivity contribution in [3.63, 3.8) is 0 Å². The Hall–Kier alpha value is -3.93. The molecule has 32 heavy (non-hydrogen) atoms. The molecule has 1 N–H and O–H groups in total. The molecule has 0 saturated heterocycles. The molecule has 6 heteroatoms. The zero-order valence-corrected chi connectivity index (χ0v) is 18.0. The number of esters is 1. The van der Waals surface area contributed by atoms with E-state index in [9.17, 15) is 14.4 Å². The standard InChI is InChI=1S/C26H25NO5/c1-18(28)24(15-19-6-4-3-5-7-19)27-25(29)17-32-26(30)13-9-20-8-10-22-16-23(31-2)12-11-21(22)14-20/h3-14,16,24H,15,17H2,1-2H3,(H,27,29). The number of Topliss-reactive ketones (excluding diaryl/α,β-unsaturated/α-hetero) is 1. The number of ether oxygens (including phenoxy) is 2. The predicted molar refractivity (Wildman–Crippen MR) is 123 cm³/mol. The van der Waals surface area contributed by atoms with Crippen LogP contribution in [0.3, 0.4) is 0 Å². The van der Waals surface area contributed by atoms with Crippen molar-refractivity contribution in [1.29, 1.82) is 0 Å². The number of fused-ring (bicyclic) bond motifs is 1. The number of hydrogen-bond donors (Lipinski definition) is 1. The van der Waals surface area contributed by atoms with E-state index in [2.05, 4.69) is 5.32 Å². The van der Waals surface area contributed by atoms with E-state index in [1.807, 2.05) is 66.7 Å². The Kier molecular flexibility index (Phi) is 7.75. The molecule has 1 atom stereocenters. The highest BCUT2D eigenvalue weighted by molar-refractivity contribution is 5.92. The maximum atomic E-state index is 12.2. The van der Waals surface area contributed by atoms with Crippen LogP contribution in [0.25, 0.3) is 16.8 Å². The van der Waals surface area contributed by atoms with Gasteiger partial charge in [0.15, 0.2) is 12.4 Å². The molecule has 0 aliphatic carbocycles. The molecule has 6 nitrogen and oxygen atoms in total. The molecule has 3 aromatic carbocycles. The normalized spacial score (nSPS) is 11.8. The van der Waals surface area contributed by atoms with Crippen LogP contribution in [0.5, 0.6) is 5.75 Å². The lowest BCUT2D eigenvalue weighted by atomic mass is 10.0. The summed E-state index contributed by atoms with van der Waals surface area (Å²) >= 11 is 0. The monoisotopic (exact) mass is 431 g/mol. The Morgan fingerprint density at radius 1 is 0.969 bits per heavy atom. The number of benzene rings is 3. The van der Waals surface area contributed by atoms with Gasteiger partial charge in [-0.1, -0.05) is 48.5 Å². The molecule has 0 aliphatic heterocycles. The average Bonchev–Trinajstić information content (AvgIpc) is 2.81. The van der Waals surface area contributed by atoms with Gasteiger partial charge in [-0.25, -0.2) is 4.79 Å². The van der Waals surface area contributed by atoms with E-state index in [1.54, 1.807) is 13.2 Å². The summed E-state index contributed by atoms with van der Waals surface area (Å²) in [5.41, 5.74) is 1.75. The molecule has 0 saturated carbocycles. The molecule has 164 valence electrons. The summed E-state index contributed by atoms with van der Waals surface area (Å²) in [5, 5.41) is 4.66. The van der Waals surface area contributed by atoms with Crippen LogP contribution in [0.4, 0.5) is 0 Å². The second kappa shape index (κ2) is 10.9. The highest BCUT2D eigenvalue weighted by atomic mass is 16.5. The second-order valence-corrected chi connectivity index (χ2v) is 7.33. The van der Waals surface area contributed by atoms with E-state index in [4.69, 9.17) is 9.47 Å². The van der Waals surface area contributed by atoms with E-state index < -0.39 is 24.5 Å². The number of carbonyl (C=O) groups excluding carboxylic acids is 3. The van der Waals surface area contributed by atoms with Crippen LogP contribution < -0.4 is 10.1 Å². The Bertz CT molecular complexity index is 1140. The largest absolute Gasteiger partial charge is 0.497 e. The minimum Gasteiger partial charge on any atom is -0.497 e. The summed E-state index contributed by atoms with van der Waals surface area (Å²) < 4.78 is 10.2. The van der Waals surface area contributed by atoms with Crippen LogP contribution in [0.15, 0.2) is 72.8 Å². The van der Waals surface area contributed by atoms with Gasteiger partial charge >= 0.3 is 5.97 Å². The van der Waals surface area contributed by atoms with Crippen LogP contribution in [-0.4, -0.2) is 37.4 Å².